The molecule has 2 aliphatic rings. The second-order valence-corrected chi connectivity index (χ2v) is 4.76. The van der Waals surface area contributed by atoms with Crippen LogP contribution in [0.1, 0.15) is 44.9 Å². The Balaban J connectivity index is 1.83. The Morgan fingerprint density at radius 3 is 2.38 bits per heavy atom. The van der Waals surface area contributed by atoms with E-state index in [-0.39, 0.29) is 0 Å². The van der Waals surface area contributed by atoms with Crippen LogP contribution in [0.15, 0.2) is 0 Å². The molecule has 0 bridgehead atoms. The Labute approximate surface area is 80.1 Å². The summed E-state index contributed by atoms with van der Waals surface area (Å²) in [6, 6.07) is 0. The summed E-state index contributed by atoms with van der Waals surface area (Å²) in [6.07, 6.45) is 7.54. The average Bonchev–Trinajstić information content (AvgIpc) is 2.57. The van der Waals surface area contributed by atoms with E-state index in [9.17, 15) is 4.39 Å². The third-order valence-electron chi connectivity index (χ3n) is 3.63. The number of piperidine rings is 1. The molecule has 1 saturated heterocycles. The Bertz CT molecular complexity index is 157. The lowest BCUT2D eigenvalue weighted by Crippen LogP contribution is -2.39. The van der Waals surface area contributed by atoms with E-state index in [0.717, 1.165) is 32.4 Å². The van der Waals surface area contributed by atoms with Crippen molar-refractivity contribution < 1.29 is 4.39 Å². The molecule has 0 unspecified atom stereocenters. The quantitative estimate of drug-likeness (QED) is 0.697. The van der Waals surface area contributed by atoms with Crippen LogP contribution in [0.5, 0.6) is 0 Å². The molecule has 0 aromatic rings. The highest BCUT2D eigenvalue weighted by molar-refractivity contribution is 4.88. The van der Waals surface area contributed by atoms with Crippen molar-refractivity contribution in [2.24, 2.45) is 5.92 Å². The van der Waals surface area contributed by atoms with Gasteiger partial charge in [-0.3, -0.25) is 0 Å². The molecule has 1 saturated carbocycles. The molecule has 1 nitrogen and oxygen atoms in total. The third-order valence-corrected chi connectivity index (χ3v) is 3.63. The van der Waals surface area contributed by atoms with E-state index in [2.05, 4.69) is 5.32 Å². The largest absolute Gasteiger partial charge is 0.316 e. The Kier molecular flexibility index (Phi) is 2.87. The smallest absolute Gasteiger partial charge is 0.113 e. The number of halogens is 1. The van der Waals surface area contributed by atoms with Crippen LogP contribution < -0.4 is 5.32 Å². The molecule has 0 aromatic heterocycles. The predicted octanol–water partition coefficient (Wildman–Crippen LogP) is 2.66. The number of nitrogens with one attached hydrogen (secondary N) is 1. The summed E-state index contributed by atoms with van der Waals surface area (Å²) in [7, 11) is 0. The molecular formula is C11H20FN. The standard InChI is InChI=1S/C11H20FN/c12-11(5-7-13-8-6-11)9-10-3-1-2-4-10/h10,13H,1-9H2. The van der Waals surface area contributed by atoms with Crippen molar-refractivity contribution in [1.29, 1.82) is 0 Å². The van der Waals surface area contributed by atoms with Crippen LogP contribution in [0, 0.1) is 5.92 Å². The molecule has 0 spiro atoms. The van der Waals surface area contributed by atoms with Gasteiger partial charge in [-0.25, -0.2) is 4.39 Å². The van der Waals surface area contributed by atoms with E-state index in [1.54, 1.807) is 0 Å². The third kappa shape index (κ3) is 2.43. The first-order valence-corrected chi connectivity index (χ1v) is 5.68. The first-order chi connectivity index (χ1) is 6.29. The lowest BCUT2D eigenvalue weighted by Gasteiger charge is -2.32. The highest BCUT2D eigenvalue weighted by atomic mass is 19.1. The molecule has 2 fully saturated rings. The van der Waals surface area contributed by atoms with Crippen LogP contribution in [0.25, 0.3) is 0 Å². The van der Waals surface area contributed by atoms with Gasteiger partial charge in [0.2, 0.25) is 0 Å². The fourth-order valence-electron chi connectivity index (χ4n) is 2.81. The van der Waals surface area contributed by atoms with Gasteiger partial charge in [0.15, 0.2) is 0 Å². The van der Waals surface area contributed by atoms with Gasteiger partial charge in [0.05, 0.1) is 0 Å². The van der Waals surface area contributed by atoms with Gasteiger partial charge in [0.25, 0.3) is 0 Å². The normalized spacial score (nSPS) is 29.3. The highest BCUT2D eigenvalue weighted by Crippen LogP contribution is 2.37. The van der Waals surface area contributed by atoms with Crippen molar-refractivity contribution in [2.45, 2.75) is 50.6 Å². The van der Waals surface area contributed by atoms with Crippen LogP contribution in [0.2, 0.25) is 0 Å². The minimum Gasteiger partial charge on any atom is -0.316 e. The molecule has 76 valence electrons. The zero-order valence-corrected chi connectivity index (χ0v) is 8.32. The number of rotatable bonds is 2. The molecule has 13 heavy (non-hydrogen) atoms. The van der Waals surface area contributed by atoms with Crippen LogP contribution in [-0.4, -0.2) is 18.8 Å². The molecular weight excluding hydrogens is 165 g/mol. The number of alkyl halides is 1. The molecule has 2 rings (SSSR count). The van der Waals surface area contributed by atoms with Crippen molar-refractivity contribution in [3.8, 4) is 0 Å². The lowest BCUT2D eigenvalue weighted by molar-refractivity contribution is 0.0841. The van der Waals surface area contributed by atoms with Gasteiger partial charge in [-0.1, -0.05) is 25.7 Å². The van der Waals surface area contributed by atoms with Crippen LogP contribution in [0.4, 0.5) is 4.39 Å². The van der Waals surface area contributed by atoms with Crippen molar-refractivity contribution in [3.05, 3.63) is 0 Å². The lowest BCUT2D eigenvalue weighted by atomic mass is 9.84. The number of hydrogen-bond donors (Lipinski definition) is 1. The molecule has 0 atom stereocenters. The van der Waals surface area contributed by atoms with E-state index >= 15 is 0 Å². The Morgan fingerprint density at radius 2 is 1.77 bits per heavy atom. The summed E-state index contributed by atoms with van der Waals surface area (Å²) in [5, 5.41) is 3.22. The van der Waals surface area contributed by atoms with Gasteiger partial charge in [-0.05, 0) is 38.3 Å². The van der Waals surface area contributed by atoms with Gasteiger partial charge < -0.3 is 5.32 Å². The van der Waals surface area contributed by atoms with Crippen LogP contribution in [0.3, 0.4) is 0 Å². The van der Waals surface area contributed by atoms with Crippen LogP contribution >= 0.6 is 0 Å². The summed E-state index contributed by atoms with van der Waals surface area (Å²) >= 11 is 0. The molecule has 0 amide bonds. The summed E-state index contributed by atoms with van der Waals surface area (Å²) in [5.41, 5.74) is -0.819. The molecule has 0 aromatic carbocycles. The molecule has 0 radical (unpaired) electrons. The molecule has 1 aliphatic heterocycles. The molecule has 1 aliphatic carbocycles. The maximum Gasteiger partial charge on any atom is 0.113 e. The summed E-state index contributed by atoms with van der Waals surface area (Å²) in [6.45, 7) is 1.76. The minimum atomic E-state index is -0.819. The maximum atomic E-state index is 14.2. The van der Waals surface area contributed by atoms with E-state index in [1.807, 2.05) is 0 Å². The summed E-state index contributed by atoms with van der Waals surface area (Å²) in [4.78, 5) is 0. The van der Waals surface area contributed by atoms with Crippen LogP contribution in [-0.2, 0) is 0 Å². The topological polar surface area (TPSA) is 12.0 Å². The van der Waals surface area contributed by atoms with Gasteiger partial charge in [-0.2, -0.15) is 0 Å². The van der Waals surface area contributed by atoms with Gasteiger partial charge in [0, 0.05) is 0 Å². The van der Waals surface area contributed by atoms with Crippen molar-refractivity contribution in [2.75, 3.05) is 13.1 Å². The van der Waals surface area contributed by atoms with Crippen molar-refractivity contribution >= 4 is 0 Å². The highest BCUT2D eigenvalue weighted by Gasteiger charge is 2.34. The molecule has 1 heterocycles. The number of hydrogen-bond acceptors (Lipinski definition) is 1. The van der Waals surface area contributed by atoms with Gasteiger partial charge >= 0.3 is 0 Å². The van der Waals surface area contributed by atoms with Gasteiger partial charge in [0.1, 0.15) is 5.67 Å². The van der Waals surface area contributed by atoms with Crippen molar-refractivity contribution in [1.82, 2.24) is 5.32 Å². The summed E-state index contributed by atoms with van der Waals surface area (Å²) in [5.74, 6) is 0.697. The average molecular weight is 185 g/mol. The first-order valence-electron chi connectivity index (χ1n) is 5.68. The van der Waals surface area contributed by atoms with E-state index in [1.165, 1.54) is 25.7 Å². The molecule has 1 N–H and O–H groups in total. The minimum absolute atomic E-state index is 0.697. The second-order valence-electron chi connectivity index (χ2n) is 4.76. The summed E-state index contributed by atoms with van der Waals surface area (Å²) < 4.78 is 14.2. The van der Waals surface area contributed by atoms with Crippen molar-refractivity contribution in [3.63, 3.8) is 0 Å². The zero-order chi connectivity index (χ0) is 9.15. The maximum absolute atomic E-state index is 14.2. The predicted molar refractivity (Wildman–Crippen MR) is 52.5 cm³/mol. The van der Waals surface area contributed by atoms with E-state index in [4.69, 9.17) is 0 Å². The molecule has 2 heteroatoms. The Hall–Kier alpha value is -0.110. The second kappa shape index (κ2) is 3.95. The SMILES string of the molecule is FC1(CC2CCCC2)CCNCC1. The van der Waals surface area contributed by atoms with Gasteiger partial charge in [-0.15, -0.1) is 0 Å². The fraction of sp³-hybridized carbons (Fsp3) is 1.00. The zero-order valence-electron chi connectivity index (χ0n) is 8.32. The first kappa shape index (κ1) is 9.45. The fourth-order valence-corrected chi connectivity index (χ4v) is 2.81. The van der Waals surface area contributed by atoms with E-state index < -0.39 is 5.67 Å². The van der Waals surface area contributed by atoms with E-state index in [0.29, 0.717) is 5.92 Å². The monoisotopic (exact) mass is 185 g/mol. The Morgan fingerprint density at radius 1 is 1.15 bits per heavy atom.